The number of carbonyl (C=O) groups is 1. The van der Waals surface area contributed by atoms with Gasteiger partial charge >= 0.3 is 0 Å². The fourth-order valence-electron chi connectivity index (χ4n) is 3.51. The van der Waals surface area contributed by atoms with E-state index in [-0.39, 0.29) is 11.5 Å². The van der Waals surface area contributed by atoms with Crippen molar-refractivity contribution < 1.29 is 9.53 Å². The molecule has 0 bridgehead atoms. The maximum Gasteiger partial charge on any atom is 0.283 e. The van der Waals surface area contributed by atoms with Crippen molar-refractivity contribution in [3.63, 3.8) is 0 Å². The molecule has 4 aromatic rings. The summed E-state index contributed by atoms with van der Waals surface area (Å²) in [5.41, 5.74) is 2.70. The molecule has 0 aliphatic carbocycles. The van der Waals surface area contributed by atoms with Crippen molar-refractivity contribution in [1.82, 2.24) is 9.66 Å². The standard InChI is InChI=1S/C23H17BrN4O3S2/c1-12-18-21(33-19(12)20(29)25-15-6-8-16(31-2)9-7-15)26-23-28(22(18)30)27-17(11-32-23)13-4-3-5-14(24)10-13/h3-10H,11H2,1-2H3,(H,25,29). The molecule has 2 aromatic carbocycles. The molecule has 3 heterocycles. The van der Waals surface area contributed by atoms with Gasteiger partial charge in [-0.1, -0.05) is 39.8 Å². The Bertz CT molecular complexity index is 1490. The van der Waals surface area contributed by atoms with Crippen molar-refractivity contribution in [2.24, 2.45) is 5.10 Å². The Hall–Kier alpha value is -2.95. The van der Waals surface area contributed by atoms with Gasteiger partial charge in [-0.05, 0) is 54.4 Å². The van der Waals surface area contributed by atoms with Crippen LogP contribution in [-0.2, 0) is 0 Å². The van der Waals surface area contributed by atoms with Crippen LogP contribution in [0, 0.1) is 6.92 Å². The minimum absolute atomic E-state index is 0.271. The largest absolute Gasteiger partial charge is 0.497 e. The highest BCUT2D eigenvalue weighted by Crippen LogP contribution is 2.31. The number of aryl methyl sites for hydroxylation is 1. The van der Waals surface area contributed by atoms with Crippen molar-refractivity contribution in [2.45, 2.75) is 12.1 Å². The number of ether oxygens (including phenoxy) is 1. The molecule has 0 radical (unpaired) electrons. The third-order valence-corrected chi connectivity index (χ3v) is 7.80. The van der Waals surface area contributed by atoms with Gasteiger partial charge in [0, 0.05) is 15.9 Å². The van der Waals surface area contributed by atoms with Gasteiger partial charge in [0.2, 0.25) is 0 Å². The van der Waals surface area contributed by atoms with E-state index in [9.17, 15) is 9.59 Å². The van der Waals surface area contributed by atoms with Crippen LogP contribution in [-0.4, -0.2) is 34.1 Å². The number of amides is 1. The first-order valence-electron chi connectivity index (χ1n) is 9.92. The van der Waals surface area contributed by atoms with Crippen LogP contribution in [0.25, 0.3) is 10.2 Å². The SMILES string of the molecule is COc1ccc(NC(=O)c2sc3nc4n(c(=O)c3c2C)N=C(c2cccc(Br)c2)CS4)cc1. The molecule has 33 heavy (non-hydrogen) atoms. The lowest BCUT2D eigenvalue weighted by Crippen LogP contribution is -2.25. The van der Waals surface area contributed by atoms with Gasteiger partial charge in [0.15, 0.2) is 5.16 Å². The second kappa shape index (κ2) is 8.77. The first-order valence-corrected chi connectivity index (χ1v) is 12.5. The zero-order chi connectivity index (χ0) is 23.1. The first-order chi connectivity index (χ1) is 15.9. The van der Waals surface area contributed by atoms with Gasteiger partial charge in [0.05, 0.1) is 23.1 Å². The van der Waals surface area contributed by atoms with Crippen molar-refractivity contribution in [2.75, 3.05) is 18.2 Å². The maximum atomic E-state index is 13.4. The van der Waals surface area contributed by atoms with E-state index in [1.165, 1.54) is 27.8 Å². The number of hydrogen-bond acceptors (Lipinski definition) is 7. The number of fused-ring (bicyclic) bond motifs is 2. The molecule has 1 aliphatic rings. The van der Waals surface area contributed by atoms with Crippen LogP contribution in [0.4, 0.5) is 5.69 Å². The maximum absolute atomic E-state index is 13.4. The Morgan fingerprint density at radius 2 is 2.00 bits per heavy atom. The summed E-state index contributed by atoms with van der Waals surface area (Å²) < 4.78 is 7.44. The summed E-state index contributed by atoms with van der Waals surface area (Å²) in [7, 11) is 1.59. The fourth-order valence-corrected chi connectivity index (χ4v) is 5.92. The van der Waals surface area contributed by atoms with Gasteiger partial charge in [-0.15, -0.1) is 11.3 Å². The molecule has 5 rings (SSSR count). The third-order valence-electron chi connectivity index (χ3n) is 5.18. The minimum atomic E-state index is -0.283. The number of benzene rings is 2. The molecule has 1 aliphatic heterocycles. The molecule has 7 nitrogen and oxygen atoms in total. The highest BCUT2D eigenvalue weighted by molar-refractivity contribution is 9.10. The lowest BCUT2D eigenvalue weighted by molar-refractivity contribution is 0.103. The lowest BCUT2D eigenvalue weighted by Gasteiger charge is -2.15. The van der Waals surface area contributed by atoms with Crippen LogP contribution >= 0.6 is 39.0 Å². The molecule has 0 unspecified atom stereocenters. The van der Waals surface area contributed by atoms with E-state index in [1.54, 1.807) is 38.3 Å². The molecule has 10 heteroatoms. The Morgan fingerprint density at radius 1 is 1.21 bits per heavy atom. The van der Waals surface area contributed by atoms with Crippen LogP contribution in [0.3, 0.4) is 0 Å². The van der Waals surface area contributed by atoms with Crippen LogP contribution < -0.4 is 15.6 Å². The number of thiophene rings is 1. The van der Waals surface area contributed by atoms with E-state index in [1.807, 2.05) is 24.3 Å². The smallest absolute Gasteiger partial charge is 0.283 e. The Labute approximate surface area is 205 Å². The second-order valence-electron chi connectivity index (χ2n) is 7.28. The fraction of sp³-hybridized carbons (Fsp3) is 0.130. The molecular weight excluding hydrogens is 524 g/mol. The van der Waals surface area contributed by atoms with E-state index < -0.39 is 0 Å². The number of halogens is 1. The molecule has 0 fully saturated rings. The summed E-state index contributed by atoms with van der Waals surface area (Å²) in [5, 5.41) is 8.41. The van der Waals surface area contributed by atoms with Gasteiger partial charge < -0.3 is 10.1 Å². The van der Waals surface area contributed by atoms with Gasteiger partial charge in [0.1, 0.15) is 10.6 Å². The molecule has 166 valence electrons. The molecule has 0 saturated heterocycles. The molecule has 1 N–H and O–H groups in total. The summed E-state index contributed by atoms with van der Waals surface area (Å²) in [6.07, 6.45) is 0. The highest BCUT2D eigenvalue weighted by atomic mass is 79.9. The van der Waals surface area contributed by atoms with Crippen molar-refractivity contribution in [3.05, 3.63) is 79.4 Å². The van der Waals surface area contributed by atoms with Crippen LogP contribution in [0.2, 0.25) is 0 Å². The van der Waals surface area contributed by atoms with Crippen LogP contribution in [0.15, 0.2) is 68.1 Å². The predicted octanol–water partition coefficient (Wildman–Crippen LogP) is 5.15. The Balaban J connectivity index is 1.53. The normalized spacial score (nSPS) is 12.9. The number of rotatable bonds is 4. The van der Waals surface area contributed by atoms with Gasteiger partial charge in [0.25, 0.3) is 11.5 Å². The average molecular weight is 541 g/mol. The third kappa shape index (κ3) is 4.09. The van der Waals surface area contributed by atoms with Gasteiger partial charge in [-0.2, -0.15) is 9.78 Å². The second-order valence-corrected chi connectivity index (χ2v) is 10.1. The zero-order valence-electron chi connectivity index (χ0n) is 17.6. The predicted molar refractivity (Wildman–Crippen MR) is 136 cm³/mol. The Morgan fingerprint density at radius 3 is 2.73 bits per heavy atom. The van der Waals surface area contributed by atoms with Gasteiger partial charge in [-0.3, -0.25) is 9.59 Å². The summed E-state index contributed by atoms with van der Waals surface area (Å²) in [5.74, 6) is 1.02. The van der Waals surface area contributed by atoms with E-state index in [2.05, 4.69) is 31.3 Å². The Kier molecular flexibility index (Phi) is 5.81. The van der Waals surface area contributed by atoms with E-state index in [0.29, 0.717) is 43.0 Å². The lowest BCUT2D eigenvalue weighted by atomic mass is 10.1. The summed E-state index contributed by atoms with van der Waals surface area (Å²) >= 11 is 6.15. The number of nitrogens with one attached hydrogen (secondary N) is 1. The average Bonchev–Trinajstić information content (AvgIpc) is 3.16. The molecular formula is C23H17BrN4O3S2. The summed E-state index contributed by atoms with van der Waals surface area (Å²) in [4.78, 5) is 32.0. The number of aromatic nitrogens is 2. The van der Waals surface area contributed by atoms with E-state index in [0.717, 1.165) is 15.7 Å². The monoisotopic (exact) mass is 540 g/mol. The molecule has 2 aromatic heterocycles. The molecule has 0 atom stereocenters. The number of anilines is 1. The summed E-state index contributed by atoms with van der Waals surface area (Å²) in [6, 6.07) is 14.9. The van der Waals surface area contributed by atoms with Crippen molar-refractivity contribution in [3.8, 4) is 5.75 Å². The highest BCUT2D eigenvalue weighted by Gasteiger charge is 2.24. The van der Waals surface area contributed by atoms with Gasteiger partial charge in [-0.25, -0.2) is 4.98 Å². The van der Waals surface area contributed by atoms with Crippen molar-refractivity contribution >= 4 is 66.6 Å². The molecule has 0 saturated carbocycles. The minimum Gasteiger partial charge on any atom is -0.497 e. The van der Waals surface area contributed by atoms with Crippen molar-refractivity contribution in [1.29, 1.82) is 0 Å². The number of methoxy groups -OCH3 is 1. The van der Waals surface area contributed by atoms with Crippen LogP contribution in [0.1, 0.15) is 20.8 Å². The van der Waals surface area contributed by atoms with E-state index >= 15 is 0 Å². The van der Waals surface area contributed by atoms with E-state index in [4.69, 9.17) is 4.74 Å². The number of hydrogen-bond donors (Lipinski definition) is 1. The number of nitrogens with zero attached hydrogens (tertiary/aromatic N) is 3. The number of carbonyl (C=O) groups excluding carboxylic acids is 1. The number of thioether (sulfide) groups is 1. The van der Waals surface area contributed by atoms with Crippen LogP contribution in [0.5, 0.6) is 5.75 Å². The topological polar surface area (TPSA) is 85.6 Å². The zero-order valence-corrected chi connectivity index (χ0v) is 20.8. The summed E-state index contributed by atoms with van der Waals surface area (Å²) in [6.45, 7) is 1.77. The molecule has 0 spiro atoms. The first kappa shape index (κ1) is 21.9. The quantitative estimate of drug-likeness (QED) is 0.362. The molecule has 1 amide bonds.